The molecule has 16 heavy (non-hydrogen) atoms. The zero-order chi connectivity index (χ0) is 12.8. The van der Waals surface area contributed by atoms with Crippen LogP contribution in [0.2, 0.25) is 0 Å². The highest BCUT2D eigenvalue weighted by atomic mass is 32.2. The smallest absolute Gasteiger partial charge is 0.310 e. The molecule has 0 rings (SSSR count). The topological polar surface area (TPSA) is 46.2 Å². The summed E-state index contributed by atoms with van der Waals surface area (Å²) >= 11 is 0. The molecule has 1 N–H and O–H groups in total. The number of halogens is 4. The molecule has 0 aromatic carbocycles. The van der Waals surface area contributed by atoms with E-state index in [1.807, 2.05) is 5.32 Å². The van der Waals surface area contributed by atoms with Crippen LogP contribution in [0.5, 0.6) is 0 Å². The molecule has 0 aliphatic carbocycles. The number of hydrogen-bond donors (Lipinski definition) is 1. The van der Waals surface area contributed by atoms with Gasteiger partial charge in [0.15, 0.2) is 9.84 Å². The standard InChI is InChI=1S/C8H15F4NO2S/c1-2-4-16(14,15)5-3-13-6-8(11,12)7(9)10/h7,13H,2-6H2,1H3. The second-order valence-corrected chi connectivity index (χ2v) is 5.69. The number of nitrogens with one attached hydrogen (secondary N) is 1. The molecule has 0 aromatic heterocycles. The molecular formula is C8H15F4NO2S. The van der Waals surface area contributed by atoms with E-state index in [1.54, 1.807) is 6.92 Å². The van der Waals surface area contributed by atoms with Crippen LogP contribution in [0.15, 0.2) is 0 Å². The van der Waals surface area contributed by atoms with Crippen molar-refractivity contribution in [3.63, 3.8) is 0 Å². The van der Waals surface area contributed by atoms with Crippen molar-refractivity contribution in [2.24, 2.45) is 0 Å². The van der Waals surface area contributed by atoms with Crippen LogP contribution in [-0.4, -0.2) is 45.4 Å². The molecule has 0 fully saturated rings. The van der Waals surface area contributed by atoms with Crippen molar-refractivity contribution in [3.05, 3.63) is 0 Å². The van der Waals surface area contributed by atoms with Crippen LogP contribution in [0.25, 0.3) is 0 Å². The molecule has 0 aromatic rings. The summed E-state index contributed by atoms with van der Waals surface area (Å²) in [6.45, 7) is 0.215. The van der Waals surface area contributed by atoms with Crippen LogP contribution in [0.1, 0.15) is 13.3 Å². The van der Waals surface area contributed by atoms with Crippen LogP contribution in [-0.2, 0) is 9.84 Å². The van der Waals surface area contributed by atoms with E-state index in [4.69, 9.17) is 0 Å². The van der Waals surface area contributed by atoms with Crippen molar-refractivity contribution in [2.75, 3.05) is 24.6 Å². The van der Waals surface area contributed by atoms with Gasteiger partial charge in [-0.25, -0.2) is 17.2 Å². The molecule has 0 unspecified atom stereocenters. The molecule has 0 heterocycles. The molecule has 0 amide bonds. The molecule has 8 heteroatoms. The van der Waals surface area contributed by atoms with Crippen molar-refractivity contribution in [2.45, 2.75) is 25.7 Å². The minimum absolute atomic E-state index is 0.0279. The van der Waals surface area contributed by atoms with Crippen LogP contribution < -0.4 is 5.32 Å². The molecule has 98 valence electrons. The van der Waals surface area contributed by atoms with Gasteiger partial charge in [-0.15, -0.1) is 0 Å². The summed E-state index contributed by atoms with van der Waals surface area (Å²) in [5, 5.41) is 2.01. The monoisotopic (exact) mass is 265 g/mol. The first-order valence-corrected chi connectivity index (χ1v) is 6.60. The van der Waals surface area contributed by atoms with Gasteiger partial charge in [0, 0.05) is 12.3 Å². The maximum atomic E-state index is 12.4. The fourth-order valence-electron chi connectivity index (χ4n) is 0.973. The van der Waals surface area contributed by atoms with Crippen LogP contribution in [0.4, 0.5) is 17.6 Å². The third-order valence-electron chi connectivity index (χ3n) is 1.78. The summed E-state index contributed by atoms with van der Waals surface area (Å²) in [5.41, 5.74) is 0. The van der Waals surface area contributed by atoms with Gasteiger partial charge in [-0.1, -0.05) is 6.92 Å². The Morgan fingerprint density at radius 2 is 1.81 bits per heavy atom. The molecule has 0 spiro atoms. The Balaban J connectivity index is 3.85. The number of alkyl halides is 4. The van der Waals surface area contributed by atoms with Crippen molar-refractivity contribution >= 4 is 9.84 Å². The number of rotatable bonds is 8. The van der Waals surface area contributed by atoms with Gasteiger partial charge in [0.25, 0.3) is 0 Å². The van der Waals surface area contributed by atoms with Gasteiger partial charge in [0.05, 0.1) is 12.3 Å². The van der Waals surface area contributed by atoms with Crippen LogP contribution in [0, 0.1) is 0 Å². The van der Waals surface area contributed by atoms with Gasteiger partial charge < -0.3 is 5.32 Å². The fraction of sp³-hybridized carbons (Fsp3) is 1.00. The molecule has 0 radical (unpaired) electrons. The molecule has 3 nitrogen and oxygen atoms in total. The average Bonchev–Trinajstić information content (AvgIpc) is 2.12. The van der Waals surface area contributed by atoms with Gasteiger partial charge in [0.1, 0.15) is 0 Å². The SMILES string of the molecule is CCCS(=O)(=O)CCNCC(F)(F)C(F)F. The summed E-state index contributed by atoms with van der Waals surface area (Å²) in [6.07, 6.45) is -3.30. The van der Waals surface area contributed by atoms with Crippen molar-refractivity contribution in [3.8, 4) is 0 Å². The Labute approximate surface area is 92.1 Å². The first-order chi connectivity index (χ1) is 7.21. The lowest BCUT2D eigenvalue weighted by Gasteiger charge is -2.15. The first kappa shape index (κ1) is 15.6. The van der Waals surface area contributed by atoms with Gasteiger partial charge in [-0.3, -0.25) is 0 Å². The van der Waals surface area contributed by atoms with E-state index in [-0.39, 0.29) is 18.1 Å². The van der Waals surface area contributed by atoms with Gasteiger partial charge in [0.2, 0.25) is 0 Å². The molecular weight excluding hydrogens is 250 g/mol. The lowest BCUT2D eigenvalue weighted by Crippen LogP contribution is -2.40. The summed E-state index contributed by atoms with van der Waals surface area (Å²) in [5.74, 6) is -4.46. The Morgan fingerprint density at radius 3 is 2.25 bits per heavy atom. The normalized spacial score (nSPS) is 13.4. The predicted molar refractivity (Wildman–Crippen MR) is 52.8 cm³/mol. The third kappa shape index (κ3) is 6.26. The Bertz CT molecular complexity index is 292. The highest BCUT2D eigenvalue weighted by Gasteiger charge is 2.39. The predicted octanol–water partition coefficient (Wildman–Crippen LogP) is 1.30. The Kier molecular flexibility index (Phi) is 6.24. The number of hydrogen-bond acceptors (Lipinski definition) is 3. The minimum atomic E-state index is -4.12. The van der Waals surface area contributed by atoms with Gasteiger partial charge >= 0.3 is 12.3 Å². The quantitative estimate of drug-likeness (QED) is 0.531. The minimum Gasteiger partial charge on any atom is -0.310 e. The summed E-state index contributed by atoms with van der Waals surface area (Å²) < 4.78 is 70.3. The fourth-order valence-corrected chi connectivity index (χ4v) is 2.25. The zero-order valence-electron chi connectivity index (χ0n) is 8.85. The first-order valence-electron chi connectivity index (χ1n) is 4.78. The van der Waals surface area contributed by atoms with E-state index in [0.717, 1.165) is 0 Å². The van der Waals surface area contributed by atoms with Crippen LogP contribution in [0.3, 0.4) is 0 Å². The molecule has 0 aliphatic rings. The molecule has 0 aliphatic heterocycles. The largest absolute Gasteiger partial charge is 0.319 e. The van der Waals surface area contributed by atoms with E-state index in [0.29, 0.717) is 6.42 Å². The van der Waals surface area contributed by atoms with Gasteiger partial charge in [-0.05, 0) is 6.42 Å². The maximum absolute atomic E-state index is 12.4. The molecule has 0 saturated heterocycles. The molecule has 0 bridgehead atoms. The second-order valence-electron chi connectivity index (χ2n) is 3.39. The lowest BCUT2D eigenvalue weighted by molar-refractivity contribution is -0.124. The Hall–Kier alpha value is -0.370. The zero-order valence-corrected chi connectivity index (χ0v) is 9.67. The second kappa shape index (κ2) is 6.39. The van der Waals surface area contributed by atoms with E-state index >= 15 is 0 Å². The summed E-state index contributed by atoms with van der Waals surface area (Å²) in [7, 11) is -3.26. The van der Waals surface area contributed by atoms with E-state index in [1.165, 1.54) is 0 Å². The molecule has 0 saturated carbocycles. The van der Waals surface area contributed by atoms with Crippen molar-refractivity contribution in [1.29, 1.82) is 0 Å². The van der Waals surface area contributed by atoms with Gasteiger partial charge in [-0.2, -0.15) is 8.78 Å². The van der Waals surface area contributed by atoms with Crippen molar-refractivity contribution in [1.82, 2.24) is 5.32 Å². The van der Waals surface area contributed by atoms with Crippen molar-refractivity contribution < 1.29 is 26.0 Å². The van der Waals surface area contributed by atoms with E-state index in [2.05, 4.69) is 0 Å². The third-order valence-corrected chi connectivity index (χ3v) is 3.64. The molecule has 0 atom stereocenters. The van der Waals surface area contributed by atoms with E-state index < -0.39 is 28.7 Å². The summed E-state index contributed by atoms with van der Waals surface area (Å²) in [4.78, 5) is 0. The van der Waals surface area contributed by atoms with Crippen LogP contribution >= 0.6 is 0 Å². The highest BCUT2D eigenvalue weighted by Crippen LogP contribution is 2.21. The summed E-state index contributed by atoms with van der Waals surface area (Å²) in [6, 6.07) is 0. The lowest BCUT2D eigenvalue weighted by atomic mass is 10.3. The van der Waals surface area contributed by atoms with E-state index in [9.17, 15) is 26.0 Å². The highest BCUT2D eigenvalue weighted by molar-refractivity contribution is 7.91. The number of sulfone groups is 1. The maximum Gasteiger partial charge on any atom is 0.319 e. The average molecular weight is 265 g/mol. The Morgan fingerprint density at radius 1 is 1.25 bits per heavy atom.